The van der Waals surface area contributed by atoms with Crippen LogP contribution in [0.3, 0.4) is 0 Å². The molecule has 0 aromatic heterocycles. The van der Waals surface area contributed by atoms with Crippen LogP contribution in [-0.2, 0) is 4.79 Å². The lowest BCUT2D eigenvalue weighted by molar-refractivity contribution is -0.114. The molecule has 0 aliphatic carbocycles. The van der Waals surface area contributed by atoms with Crippen molar-refractivity contribution < 1.29 is 19.1 Å². The first-order valence-electron chi connectivity index (χ1n) is 8.07. The number of nitrogens with one attached hydrogen (secondary N) is 3. The van der Waals surface area contributed by atoms with Gasteiger partial charge in [0.2, 0.25) is 5.91 Å². The fourth-order valence-corrected chi connectivity index (χ4v) is 2.21. The van der Waals surface area contributed by atoms with Gasteiger partial charge in [-0.3, -0.25) is 14.4 Å². The Hall–Kier alpha value is -3.35. The predicted octanol–water partition coefficient (Wildman–Crippen LogP) is 1.81. The van der Waals surface area contributed by atoms with Gasteiger partial charge in [-0.25, -0.2) is 0 Å². The number of benzene rings is 2. The van der Waals surface area contributed by atoms with E-state index in [1.165, 1.54) is 6.92 Å². The number of carbonyl (C=O) groups excluding carboxylic acids is 3. The van der Waals surface area contributed by atoms with Gasteiger partial charge < -0.3 is 20.7 Å². The van der Waals surface area contributed by atoms with E-state index < -0.39 is 0 Å². The molecule has 0 heterocycles. The lowest BCUT2D eigenvalue weighted by Gasteiger charge is -2.08. The van der Waals surface area contributed by atoms with Gasteiger partial charge >= 0.3 is 0 Å². The molecule has 2 aromatic rings. The molecule has 2 rings (SSSR count). The quantitative estimate of drug-likeness (QED) is 0.660. The van der Waals surface area contributed by atoms with Gasteiger partial charge in [0, 0.05) is 36.8 Å². The normalized spacial score (nSPS) is 9.92. The number of ether oxygens (including phenoxy) is 1. The van der Waals surface area contributed by atoms with Crippen molar-refractivity contribution in [3.63, 3.8) is 0 Å². The van der Waals surface area contributed by atoms with Crippen LogP contribution in [0.25, 0.3) is 0 Å². The third-order valence-corrected chi connectivity index (χ3v) is 3.52. The van der Waals surface area contributed by atoms with Gasteiger partial charge in [0.25, 0.3) is 11.8 Å². The summed E-state index contributed by atoms with van der Waals surface area (Å²) in [5.41, 5.74) is 1.62. The maximum atomic E-state index is 12.0. The molecule has 0 atom stereocenters. The summed E-state index contributed by atoms with van der Waals surface area (Å²) >= 11 is 0. The molecule has 0 spiro atoms. The Kier molecular flexibility index (Phi) is 6.73. The number of rotatable bonds is 7. The first kappa shape index (κ1) is 19.0. The predicted molar refractivity (Wildman–Crippen MR) is 98.4 cm³/mol. The van der Waals surface area contributed by atoms with E-state index in [0.717, 1.165) is 0 Å². The van der Waals surface area contributed by atoms with E-state index in [2.05, 4.69) is 16.0 Å². The van der Waals surface area contributed by atoms with Crippen molar-refractivity contribution >= 4 is 23.4 Å². The van der Waals surface area contributed by atoms with Crippen molar-refractivity contribution in [3.8, 4) is 5.75 Å². The topological polar surface area (TPSA) is 96.5 Å². The summed E-state index contributed by atoms with van der Waals surface area (Å²) in [5, 5.41) is 8.09. The van der Waals surface area contributed by atoms with Crippen LogP contribution in [0.15, 0.2) is 48.5 Å². The summed E-state index contributed by atoms with van der Waals surface area (Å²) < 4.78 is 5.04. The Morgan fingerprint density at radius 2 is 1.27 bits per heavy atom. The van der Waals surface area contributed by atoms with Crippen molar-refractivity contribution in [2.24, 2.45) is 0 Å². The van der Waals surface area contributed by atoms with Crippen molar-refractivity contribution in [3.05, 3.63) is 59.7 Å². The standard InChI is InChI=1S/C19H21N3O4/c1-13(23)22-16-7-3-14(4-8-16)18(24)20-11-12-21-19(25)15-5-9-17(26-2)10-6-15/h3-10H,11-12H2,1-2H3,(H,20,24)(H,21,25)(H,22,23). The number of hydrogen-bond acceptors (Lipinski definition) is 4. The minimum Gasteiger partial charge on any atom is -0.497 e. The molecule has 7 heteroatoms. The summed E-state index contributed by atoms with van der Waals surface area (Å²) in [6.07, 6.45) is 0. The average molecular weight is 355 g/mol. The molecule has 0 fully saturated rings. The molecule has 0 bridgehead atoms. The zero-order valence-electron chi connectivity index (χ0n) is 14.7. The van der Waals surface area contributed by atoms with E-state index in [9.17, 15) is 14.4 Å². The molecule has 3 N–H and O–H groups in total. The Morgan fingerprint density at radius 1 is 0.808 bits per heavy atom. The maximum absolute atomic E-state index is 12.0. The Morgan fingerprint density at radius 3 is 1.69 bits per heavy atom. The number of amides is 3. The molecule has 2 aromatic carbocycles. The van der Waals surface area contributed by atoms with Gasteiger partial charge in [0.05, 0.1) is 7.11 Å². The fourth-order valence-electron chi connectivity index (χ4n) is 2.21. The number of hydrogen-bond donors (Lipinski definition) is 3. The SMILES string of the molecule is COc1ccc(C(=O)NCCNC(=O)c2ccc(NC(C)=O)cc2)cc1. The molecule has 0 aliphatic rings. The second kappa shape index (κ2) is 9.22. The van der Waals surface area contributed by atoms with Gasteiger partial charge in [-0.1, -0.05) is 0 Å². The minimum atomic E-state index is -0.252. The summed E-state index contributed by atoms with van der Waals surface area (Å²) in [6.45, 7) is 2.02. The average Bonchev–Trinajstić information content (AvgIpc) is 2.65. The monoisotopic (exact) mass is 355 g/mol. The number of carbonyl (C=O) groups is 3. The Labute approximate surface area is 151 Å². The van der Waals surface area contributed by atoms with Gasteiger partial charge in [-0.2, -0.15) is 0 Å². The highest BCUT2D eigenvalue weighted by Crippen LogP contribution is 2.11. The highest BCUT2D eigenvalue weighted by molar-refractivity contribution is 5.96. The van der Waals surface area contributed by atoms with Crippen LogP contribution in [0.1, 0.15) is 27.6 Å². The molecular weight excluding hydrogens is 334 g/mol. The van der Waals surface area contributed by atoms with Crippen LogP contribution in [0, 0.1) is 0 Å². The van der Waals surface area contributed by atoms with Crippen LogP contribution >= 0.6 is 0 Å². The van der Waals surface area contributed by atoms with Crippen molar-refractivity contribution in [2.75, 3.05) is 25.5 Å². The van der Waals surface area contributed by atoms with E-state index >= 15 is 0 Å². The summed E-state index contributed by atoms with van der Waals surface area (Å²) in [5.74, 6) is 0.0350. The molecular formula is C19H21N3O4. The lowest BCUT2D eigenvalue weighted by Crippen LogP contribution is -2.34. The Balaban J connectivity index is 1.75. The number of methoxy groups -OCH3 is 1. The zero-order valence-corrected chi connectivity index (χ0v) is 14.7. The molecule has 0 saturated carbocycles. The summed E-state index contributed by atoms with van der Waals surface area (Å²) in [6, 6.07) is 13.3. The smallest absolute Gasteiger partial charge is 0.251 e. The highest BCUT2D eigenvalue weighted by atomic mass is 16.5. The molecule has 0 unspecified atom stereocenters. The fraction of sp³-hybridized carbons (Fsp3) is 0.211. The Bertz CT molecular complexity index is 770. The highest BCUT2D eigenvalue weighted by Gasteiger charge is 2.07. The second-order valence-corrected chi connectivity index (χ2v) is 5.50. The van der Waals surface area contributed by atoms with Gasteiger partial charge in [-0.05, 0) is 48.5 Å². The van der Waals surface area contributed by atoms with Crippen LogP contribution in [-0.4, -0.2) is 37.9 Å². The van der Waals surface area contributed by atoms with E-state index in [-0.39, 0.29) is 17.7 Å². The maximum Gasteiger partial charge on any atom is 0.251 e. The molecule has 26 heavy (non-hydrogen) atoms. The van der Waals surface area contributed by atoms with E-state index in [1.807, 2.05) is 0 Å². The number of anilines is 1. The third kappa shape index (κ3) is 5.62. The minimum absolute atomic E-state index is 0.171. The van der Waals surface area contributed by atoms with Crippen LogP contribution in [0.5, 0.6) is 5.75 Å². The van der Waals surface area contributed by atoms with Crippen molar-refractivity contribution in [2.45, 2.75) is 6.92 Å². The zero-order chi connectivity index (χ0) is 18.9. The molecule has 3 amide bonds. The van der Waals surface area contributed by atoms with Crippen LogP contribution in [0.2, 0.25) is 0 Å². The van der Waals surface area contributed by atoms with Crippen molar-refractivity contribution in [1.82, 2.24) is 10.6 Å². The van der Waals surface area contributed by atoms with Crippen LogP contribution in [0.4, 0.5) is 5.69 Å². The molecule has 7 nitrogen and oxygen atoms in total. The van der Waals surface area contributed by atoms with Crippen LogP contribution < -0.4 is 20.7 Å². The molecule has 0 saturated heterocycles. The van der Waals surface area contributed by atoms with Crippen molar-refractivity contribution in [1.29, 1.82) is 0 Å². The van der Waals surface area contributed by atoms with E-state index in [0.29, 0.717) is 35.7 Å². The van der Waals surface area contributed by atoms with E-state index in [4.69, 9.17) is 4.74 Å². The van der Waals surface area contributed by atoms with Gasteiger partial charge in [0.1, 0.15) is 5.75 Å². The second-order valence-electron chi connectivity index (χ2n) is 5.50. The molecule has 136 valence electrons. The van der Waals surface area contributed by atoms with Gasteiger partial charge in [-0.15, -0.1) is 0 Å². The summed E-state index contributed by atoms with van der Waals surface area (Å²) in [7, 11) is 1.56. The molecule has 0 radical (unpaired) electrons. The third-order valence-electron chi connectivity index (χ3n) is 3.52. The first-order chi connectivity index (χ1) is 12.5. The summed E-state index contributed by atoms with van der Waals surface area (Å²) in [4.78, 5) is 35.0. The first-order valence-corrected chi connectivity index (χ1v) is 8.07. The molecule has 0 aliphatic heterocycles. The largest absolute Gasteiger partial charge is 0.497 e. The van der Waals surface area contributed by atoms with E-state index in [1.54, 1.807) is 55.6 Å². The van der Waals surface area contributed by atoms with Gasteiger partial charge in [0.15, 0.2) is 0 Å². The lowest BCUT2D eigenvalue weighted by atomic mass is 10.2.